The second-order valence-corrected chi connectivity index (χ2v) is 7.06. The van der Waals surface area contributed by atoms with Gasteiger partial charge in [-0.2, -0.15) is 0 Å². The SMILES string of the molecule is CCCc1ncc(Cc2ccc3cccc(O)c3n2)c2cc(OC)c(OC)cc12.Cl.Cl. The van der Waals surface area contributed by atoms with Crippen LogP contribution in [0.2, 0.25) is 0 Å². The molecule has 0 radical (unpaired) electrons. The van der Waals surface area contributed by atoms with Gasteiger partial charge in [-0.05, 0) is 41.6 Å². The number of aromatic nitrogens is 2. The van der Waals surface area contributed by atoms with Crippen molar-refractivity contribution < 1.29 is 14.6 Å². The first kappa shape index (κ1) is 24.5. The minimum absolute atomic E-state index is 0. The van der Waals surface area contributed by atoms with Gasteiger partial charge in [0.2, 0.25) is 0 Å². The van der Waals surface area contributed by atoms with Gasteiger partial charge in [0.15, 0.2) is 11.5 Å². The summed E-state index contributed by atoms with van der Waals surface area (Å²) in [6, 6.07) is 13.4. The normalized spacial score (nSPS) is 10.4. The molecule has 5 nitrogen and oxygen atoms in total. The molecule has 0 atom stereocenters. The third kappa shape index (κ3) is 4.78. The molecule has 31 heavy (non-hydrogen) atoms. The molecule has 0 spiro atoms. The lowest BCUT2D eigenvalue weighted by Crippen LogP contribution is -2.00. The van der Waals surface area contributed by atoms with E-state index in [1.54, 1.807) is 20.3 Å². The van der Waals surface area contributed by atoms with Crippen molar-refractivity contribution in [2.24, 2.45) is 0 Å². The van der Waals surface area contributed by atoms with Crippen LogP contribution in [0.1, 0.15) is 30.3 Å². The van der Waals surface area contributed by atoms with Crippen molar-refractivity contribution >= 4 is 46.5 Å². The van der Waals surface area contributed by atoms with Gasteiger partial charge in [0.1, 0.15) is 11.3 Å². The standard InChI is InChI=1S/C24H24N2O3.2ClH/c1-4-6-20-19-13-23(29-3)22(28-2)12-18(19)16(14-25-20)11-17-10-9-15-7-5-8-21(27)24(15)26-17;;/h5,7-10,12-14,27H,4,6,11H2,1-3H3;2*1H. The molecule has 0 aliphatic rings. The van der Waals surface area contributed by atoms with E-state index in [1.165, 1.54) is 0 Å². The second kappa shape index (κ2) is 10.5. The van der Waals surface area contributed by atoms with Crippen molar-refractivity contribution in [3.63, 3.8) is 0 Å². The predicted octanol–water partition coefficient (Wildman–Crippen LogP) is 5.89. The molecule has 2 aromatic heterocycles. The summed E-state index contributed by atoms with van der Waals surface area (Å²) in [5.74, 6) is 1.58. The highest BCUT2D eigenvalue weighted by molar-refractivity contribution is 5.91. The van der Waals surface area contributed by atoms with Crippen LogP contribution in [0.15, 0.2) is 48.7 Å². The Morgan fingerprint density at radius 3 is 2.32 bits per heavy atom. The smallest absolute Gasteiger partial charge is 0.161 e. The van der Waals surface area contributed by atoms with E-state index in [2.05, 4.69) is 11.9 Å². The molecule has 1 N–H and O–H groups in total. The summed E-state index contributed by atoms with van der Waals surface area (Å²) in [4.78, 5) is 9.41. The lowest BCUT2D eigenvalue weighted by molar-refractivity contribution is 0.356. The van der Waals surface area contributed by atoms with Crippen molar-refractivity contribution in [3.8, 4) is 17.2 Å². The zero-order chi connectivity index (χ0) is 20.4. The highest BCUT2D eigenvalue weighted by Gasteiger charge is 2.14. The number of aryl methyl sites for hydroxylation is 1. The Morgan fingerprint density at radius 1 is 0.935 bits per heavy atom. The molecular formula is C24H26Cl2N2O3. The van der Waals surface area contributed by atoms with Gasteiger partial charge in [-0.3, -0.25) is 4.98 Å². The van der Waals surface area contributed by atoms with Crippen LogP contribution >= 0.6 is 24.8 Å². The largest absolute Gasteiger partial charge is 0.506 e. The Balaban J connectivity index is 0.00000171. The average molecular weight is 461 g/mol. The molecule has 0 unspecified atom stereocenters. The summed E-state index contributed by atoms with van der Waals surface area (Å²) >= 11 is 0. The summed E-state index contributed by atoms with van der Waals surface area (Å²) < 4.78 is 11.0. The van der Waals surface area contributed by atoms with E-state index in [1.807, 2.05) is 42.6 Å². The molecule has 0 amide bonds. The first-order valence-corrected chi connectivity index (χ1v) is 9.74. The van der Waals surface area contributed by atoms with E-state index >= 15 is 0 Å². The number of phenolic OH excluding ortho intramolecular Hbond substituents is 1. The number of aromatic hydroxyl groups is 1. The molecule has 164 valence electrons. The zero-order valence-electron chi connectivity index (χ0n) is 17.7. The lowest BCUT2D eigenvalue weighted by Gasteiger charge is -2.14. The molecule has 4 rings (SSSR count). The van der Waals surface area contributed by atoms with Gasteiger partial charge in [0.05, 0.1) is 14.2 Å². The topological polar surface area (TPSA) is 64.5 Å². The number of ether oxygens (including phenoxy) is 2. The van der Waals surface area contributed by atoms with Crippen molar-refractivity contribution in [2.45, 2.75) is 26.2 Å². The fourth-order valence-electron chi connectivity index (χ4n) is 3.72. The zero-order valence-corrected chi connectivity index (χ0v) is 19.3. The van der Waals surface area contributed by atoms with Crippen LogP contribution in [0.25, 0.3) is 21.7 Å². The molecule has 0 aliphatic heterocycles. The fourth-order valence-corrected chi connectivity index (χ4v) is 3.72. The van der Waals surface area contributed by atoms with Gasteiger partial charge in [0, 0.05) is 34.8 Å². The summed E-state index contributed by atoms with van der Waals surface area (Å²) in [7, 11) is 3.29. The molecule has 0 fully saturated rings. The van der Waals surface area contributed by atoms with Crippen molar-refractivity contribution in [3.05, 3.63) is 65.6 Å². The van der Waals surface area contributed by atoms with Crippen LogP contribution in [0.4, 0.5) is 0 Å². The number of hydrogen-bond donors (Lipinski definition) is 1. The van der Waals surface area contributed by atoms with E-state index in [0.29, 0.717) is 23.4 Å². The summed E-state index contributed by atoms with van der Waals surface area (Å²) in [5, 5.41) is 13.2. The average Bonchev–Trinajstić information content (AvgIpc) is 2.75. The number of para-hydroxylation sites is 1. The number of methoxy groups -OCH3 is 2. The number of hydrogen-bond acceptors (Lipinski definition) is 5. The van der Waals surface area contributed by atoms with Gasteiger partial charge in [0.25, 0.3) is 0 Å². The first-order chi connectivity index (χ1) is 14.1. The van der Waals surface area contributed by atoms with Gasteiger partial charge >= 0.3 is 0 Å². The monoisotopic (exact) mass is 460 g/mol. The maximum atomic E-state index is 10.1. The quantitative estimate of drug-likeness (QED) is 0.388. The Morgan fingerprint density at radius 2 is 1.65 bits per heavy atom. The van der Waals surface area contributed by atoms with Crippen LogP contribution in [0.5, 0.6) is 17.2 Å². The Bertz CT molecular complexity index is 1200. The molecule has 2 aromatic carbocycles. The van der Waals surface area contributed by atoms with E-state index < -0.39 is 0 Å². The van der Waals surface area contributed by atoms with Crippen molar-refractivity contribution in [2.75, 3.05) is 14.2 Å². The number of pyridine rings is 2. The van der Waals surface area contributed by atoms with Crippen LogP contribution in [0.3, 0.4) is 0 Å². The molecule has 0 saturated heterocycles. The number of benzene rings is 2. The number of fused-ring (bicyclic) bond motifs is 2. The Kier molecular flexibility index (Phi) is 8.31. The van der Waals surface area contributed by atoms with Gasteiger partial charge in [-0.15, -0.1) is 24.8 Å². The number of nitrogens with zero attached hydrogens (tertiary/aromatic N) is 2. The Hall–Kier alpha value is -2.76. The maximum Gasteiger partial charge on any atom is 0.161 e. The molecule has 2 heterocycles. The molecule has 0 saturated carbocycles. The summed E-state index contributed by atoms with van der Waals surface area (Å²) in [6.45, 7) is 2.15. The minimum Gasteiger partial charge on any atom is -0.506 e. The molecule has 0 aliphatic carbocycles. The highest BCUT2D eigenvalue weighted by Crippen LogP contribution is 2.35. The molecule has 7 heteroatoms. The second-order valence-electron chi connectivity index (χ2n) is 7.06. The van der Waals surface area contributed by atoms with Crippen LogP contribution in [-0.2, 0) is 12.8 Å². The van der Waals surface area contributed by atoms with Crippen LogP contribution in [-0.4, -0.2) is 29.3 Å². The molecular weight excluding hydrogens is 435 g/mol. The van der Waals surface area contributed by atoms with Crippen molar-refractivity contribution in [1.82, 2.24) is 9.97 Å². The minimum atomic E-state index is 0. The first-order valence-electron chi connectivity index (χ1n) is 9.74. The van der Waals surface area contributed by atoms with Gasteiger partial charge in [-0.25, -0.2) is 4.98 Å². The number of rotatable bonds is 6. The van der Waals surface area contributed by atoms with Gasteiger partial charge in [-0.1, -0.05) is 31.5 Å². The van der Waals surface area contributed by atoms with Gasteiger partial charge < -0.3 is 14.6 Å². The van der Waals surface area contributed by atoms with E-state index in [-0.39, 0.29) is 30.6 Å². The number of halogens is 2. The third-order valence-corrected chi connectivity index (χ3v) is 5.17. The third-order valence-electron chi connectivity index (χ3n) is 5.17. The predicted molar refractivity (Wildman–Crippen MR) is 130 cm³/mol. The van der Waals surface area contributed by atoms with E-state index in [4.69, 9.17) is 14.5 Å². The maximum absolute atomic E-state index is 10.1. The van der Waals surface area contributed by atoms with Crippen LogP contribution < -0.4 is 9.47 Å². The molecule has 0 bridgehead atoms. The lowest BCUT2D eigenvalue weighted by atomic mass is 9.99. The Labute approximate surface area is 194 Å². The molecule has 4 aromatic rings. The highest BCUT2D eigenvalue weighted by atomic mass is 35.5. The van der Waals surface area contributed by atoms with E-state index in [0.717, 1.165) is 46.0 Å². The van der Waals surface area contributed by atoms with E-state index in [9.17, 15) is 5.11 Å². The van der Waals surface area contributed by atoms with Crippen molar-refractivity contribution in [1.29, 1.82) is 0 Å². The number of phenols is 1. The fraction of sp³-hybridized carbons (Fsp3) is 0.250. The summed E-state index contributed by atoms with van der Waals surface area (Å²) in [6.07, 6.45) is 4.45. The summed E-state index contributed by atoms with van der Waals surface area (Å²) in [5.41, 5.74) is 3.60. The van der Waals surface area contributed by atoms with Crippen LogP contribution in [0, 0.1) is 0 Å².